The predicted octanol–water partition coefficient (Wildman–Crippen LogP) is 2.49. The topological polar surface area (TPSA) is 15.3 Å². The Hall–Kier alpha value is -0.860. The molecule has 0 radical (unpaired) electrons. The highest BCUT2D eigenvalue weighted by Gasteiger charge is 2.02. The molecule has 2 heteroatoms. The van der Waals surface area contributed by atoms with Gasteiger partial charge < -0.3 is 10.2 Å². The van der Waals surface area contributed by atoms with Gasteiger partial charge in [-0.1, -0.05) is 38.1 Å². The molecule has 16 heavy (non-hydrogen) atoms. The van der Waals surface area contributed by atoms with E-state index in [2.05, 4.69) is 55.4 Å². The van der Waals surface area contributed by atoms with Crippen LogP contribution in [0.4, 0.5) is 0 Å². The van der Waals surface area contributed by atoms with Crippen molar-refractivity contribution in [3.63, 3.8) is 0 Å². The van der Waals surface area contributed by atoms with E-state index in [-0.39, 0.29) is 0 Å². The van der Waals surface area contributed by atoms with E-state index in [0.29, 0.717) is 0 Å². The molecule has 1 aromatic rings. The summed E-state index contributed by atoms with van der Waals surface area (Å²) in [5.74, 6) is 0.730. The Labute approximate surface area is 99.7 Å². The van der Waals surface area contributed by atoms with E-state index in [1.54, 1.807) is 0 Å². The Morgan fingerprint density at radius 1 is 1.12 bits per heavy atom. The first-order valence-electron chi connectivity index (χ1n) is 6.02. The third-order valence-electron chi connectivity index (χ3n) is 2.53. The Morgan fingerprint density at radius 3 is 2.19 bits per heavy atom. The summed E-state index contributed by atoms with van der Waals surface area (Å²) in [4.78, 5) is 2.37. The van der Waals surface area contributed by atoms with Gasteiger partial charge in [-0.25, -0.2) is 0 Å². The fourth-order valence-corrected chi connectivity index (χ4v) is 1.97. The third-order valence-corrected chi connectivity index (χ3v) is 2.53. The van der Waals surface area contributed by atoms with Gasteiger partial charge in [0.25, 0.3) is 0 Å². The van der Waals surface area contributed by atoms with Gasteiger partial charge >= 0.3 is 0 Å². The van der Waals surface area contributed by atoms with Crippen molar-refractivity contribution in [2.24, 2.45) is 5.92 Å². The number of hydrogen-bond acceptors (Lipinski definition) is 2. The maximum Gasteiger partial charge on any atom is 0.0230 e. The number of rotatable bonds is 6. The van der Waals surface area contributed by atoms with Crippen molar-refractivity contribution in [2.75, 3.05) is 20.6 Å². The van der Waals surface area contributed by atoms with Gasteiger partial charge in [0, 0.05) is 19.6 Å². The SMILES string of the molecule is CNCc1ccc(CN(C)CC(C)C)cc1. The van der Waals surface area contributed by atoms with Gasteiger partial charge in [0.15, 0.2) is 0 Å². The van der Waals surface area contributed by atoms with E-state index in [9.17, 15) is 0 Å². The standard InChI is InChI=1S/C14H24N2/c1-12(2)10-16(4)11-14-7-5-13(6-8-14)9-15-3/h5-8,12,15H,9-11H2,1-4H3. The zero-order valence-electron chi connectivity index (χ0n) is 11.0. The van der Waals surface area contributed by atoms with Crippen molar-refractivity contribution in [2.45, 2.75) is 26.9 Å². The molecule has 0 saturated carbocycles. The van der Waals surface area contributed by atoms with Gasteiger partial charge in [-0.15, -0.1) is 0 Å². The van der Waals surface area contributed by atoms with Gasteiger partial charge in [-0.2, -0.15) is 0 Å². The fraction of sp³-hybridized carbons (Fsp3) is 0.571. The monoisotopic (exact) mass is 220 g/mol. The van der Waals surface area contributed by atoms with Crippen molar-refractivity contribution in [1.29, 1.82) is 0 Å². The normalized spacial score (nSPS) is 11.4. The first-order chi connectivity index (χ1) is 7.61. The van der Waals surface area contributed by atoms with Crippen LogP contribution in [0.3, 0.4) is 0 Å². The Morgan fingerprint density at radius 2 is 1.69 bits per heavy atom. The molecule has 0 spiro atoms. The zero-order chi connectivity index (χ0) is 12.0. The molecule has 0 saturated heterocycles. The van der Waals surface area contributed by atoms with Gasteiger partial charge in [-0.3, -0.25) is 0 Å². The second-order valence-corrected chi connectivity index (χ2v) is 4.94. The van der Waals surface area contributed by atoms with Crippen LogP contribution in [0.2, 0.25) is 0 Å². The molecular formula is C14H24N2. The molecule has 0 aliphatic carbocycles. The maximum atomic E-state index is 3.16. The summed E-state index contributed by atoms with van der Waals surface area (Å²) in [5, 5.41) is 3.16. The number of benzene rings is 1. The molecule has 0 amide bonds. The van der Waals surface area contributed by atoms with E-state index in [4.69, 9.17) is 0 Å². The van der Waals surface area contributed by atoms with E-state index >= 15 is 0 Å². The van der Waals surface area contributed by atoms with Crippen molar-refractivity contribution in [3.8, 4) is 0 Å². The number of hydrogen-bond donors (Lipinski definition) is 1. The second-order valence-electron chi connectivity index (χ2n) is 4.94. The van der Waals surface area contributed by atoms with Crippen molar-refractivity contribution in [3.05, 3.63) is 35.4 Å². The van der Waals surface area contributed by atoms with Crippen LogP contribution in [-0.4, -0.2) is 25.5 Å². The maximum absolute atomic E-state index is 3.16. The first-order valence-corrected chi connectivity index (χ1v) is 6.02. The molecule has 0 bridgehead atoms. The Bertz CT molecular complexity index is 290. The van der Waals surface area contributed by atoms with Crippen LogP contribution < -0.4 is 5.32 Å². The van der Waals surface area contributed by atoms with E-state index in [1.807, 2.05) is 7.05 Å². The van der Waals surface area contributed by atoms with Crippen LogP contribution in [0.15, 0.2) is 24.3 Å². The summed E-state index contributed by atoms with van der Waals surface area (Å²) >= 11 is 0. The number of nitrogens with one attached hydrogen (secondary N) is 1. The quantitative estimate of drug-likeness (QED) is 0.792. The molecule has 0 fully saturated rings. The molecule has 90 valence electrons. The molecular weight excluding hydrogens is 196 g/mol. The average Bonchev–Trinajstić information content (AvgIpc) is 2.20. The lowest BCUT2D eigenvalue weighted by atomic mass is 10.1. The van der Waals surface area contributed by atoms with Crippen molar-refractivity contribution in [1.82, 2.24) is 10.2 Å². The molecule has 0 unspecified atom stereocenters. The second kappa shape index (κ2) is 6.66. The number of nitrogens with zero attached hydrogens (tertiary/aromatic N) is 1. The lowest BCUT2D eigenvalue weighted by Crippen LogP contribution is -2.22. The molecule has 1 N–H and O–H groups in total. The van der Waals surface area contributed by atoms with Gasteiger partial charge in [0.05, 0.1) is 0 Å². The molecule has 0 aliphatic rings. The lowest BCUT2D eigenvalue weighted by Gasteiger charge is -2.19. The predicted molar refractivity (Wildman–Crippen MR) is 70.4 cm³/mol. The van der Waals surface area contributed by atoms with E-state index < -0.39 is 0 Å². The summed E-state index contributed by atoms with van der Waals surface area (Å²) in [5.41, 5.74) is 2.74. The Balaban J connectivity index is 2.48. The summed E-state index contributed by atoms with van der Waals surface area (Å²) in [6, 6.07) is 8.86. The fourth-order valence-electron chi connectivity index (χ4n) is 1.97. The van der Waals surface area contributed by atoms with Gasteiger partial charge in [0.2, 0.25) is 0 Å². The minimum Gasteiger partial charge on any atom is -0.316 e. The summed E-state index contributed by atoms with van der Waals surface area (Å²) in [7, 11) is 4.16. The van der Waals surface area contributed by atoms with E-state index in [0.717, 1.165) is 25.6 Å². The Kier molecular flexibility index (Phi) is 5.50. The van der Waals surface area contributed by atoms with Crippen LogP contribution >= 0.6 is 0 Å². The van der Waals surface area contributed by atoms with Crippen LogP contribution in [-0.2, 0) is 13.1 Å². The molecule has 1 rings (SSSR count). The highest BCUT2D eigenvalue weighted by molar-refractivity contribution is 5.22. The summed E-state index contributed by atoms with van der Waals surface area (Å²) in [6.45, 7) is 7.65. The minimum absolute atomic E-state index is 0.730. The molecule has 0 aliphatic heterocycles. The van der Waals surface area contributed by atoms with Crippen molar-refractivity contribution < 1.29 is 0 Å². The molecule has 0 atom stereocenters. The van der Waals surface area contributed by atoms with Crippen LogP contribution in [0, 0.1) is 5.92 Å². The van der Waals surface area contributed by atoms with Crippen molar-refractivity contribution >= 4 is 0 Å². The highest BCUT2D eigenvalue weighted by atomic mass is 15.1. The largest absolute Gasteiger partial charge is 0.316 e. The minimum atomic E-state index is 0.730. The van der Waals surface area contributed by atoms with Crippen LogP contribution in [0.25, 0.3) is 0 Å². The van der Waals surface area contributed by atoms with E-state index in [1.165, 1.54) is 11.1 Å². The average molecular weight is 220 g/mol. The lowest BCUT2D eigenvalue weighted by molar-refractivity contribution is 0.288. The van der Waals surface area contributed by atoms with Gasteiger partial charge in [0.1, 0.15) is 0 Å². The third kappa shape index (κ3) is 4.77. The van der Waals surface area contributed by atoms with Crippen LogP contribution in [0.5, 0.6) is 0 Å². The zero-order valence-corrected chi connectivity index (χ0v) is 11.0. The molecule has 1 aromatic carbocycles. The smallest absolute Gasteiger partial charge is 0.0230 e. The first kappa shape index (κ1) is 13.2. The highest BCUT2D eigenvalue weighted by Crippen LogP contribution is 2.08. The summed E-state index contributed by atoms with van der Waals surface area (Å²) in [6.07, 6.45) is 0. The molecule has 0 aromatic heterocycles. The summed E-state index contributed by atoms with van der Waals surface area (Å²) < 4.78 is 0. The van der Waals surface area contributed by atoms with Crippen LogP contribution in [0.1, 0.15) is 25.0 Å². The molecule has 2 nitrogen and oxygen atoms in total. The molecule has 0 heterocycles. The van der Waals surface area contributed by atoms with Gasteiger partial charge in [-0.05, 0) is 31.1 Å².